The molecule has 2 rings (SSSR count). The van der Waals surface area contributed by atoms with Gasteiger partial charge < -0.3 is 5.32 Å². The van der Waals surface area contributed by atoms with Gasteiger partial charge in [0, 0.05) is 23.0 Å². The van der Waals surface area contributed by atoms with Crippen molar-refractivity contribution < 1.29 is 13.2 Å². The van der Waals surface area contributed by atoms with Crippen LogP contribution in [0.15, 0.2) is 47.4 Å². The zero-order valence-corrected chi connectivity index (χ0v) is 14.4. The fourth-order valence-corrected chi connectivity index (χ4v) is 2.91. The molecular formula is C16H18N4O3S. The lowest BCUT2D eigenvalue weighted by Crippen LogP contribution is -2.15. The molecule has 24 heavy (non-hydrogen) atoms. The van der Waals surface area contributed by atoms with E-state index in [2.05, 4.69) is 26.6 Å². The summed E-state index contributed by atoms with van der Waals surface area (Å²) in [6.07, 6.45) is 0. The van der Waals surface area contributed by atoms with Gasteiger partial charge in [-0.15, -0.1) is 0 Å². The van der Waals surface area contributed by atoms with E-state index in [9.17, 15) is 13.2 Å². The molecule has 126 valence electrons. The van der Waals surface area contributed by atoms with E-state index in [0.717, 1.165) is 0 Å². The molecule has 1 heterocycles. The van der Waals surface area contributed by atoms with Crippen molar-refractivity contribution in [2.45, 2.75) is 25.7 Å². The van der Waals surface area contributed by atoms with Crippen LogP contribution in [0.4, 0.5) is 11.5 Å². The number of nitrogens with zero attached hydrogens (tertiary/aromatic N) is 2. The average molecular weight is 346 g/mol. The Labute approximate surface area is 140 Å². The third kappa shape index (κ3) is 4.39. The minimum absolute atomic E-state index is 0.0599. The maximum atomic E-state index is 12.4. The Morgan fingerprint density at radius 3 is 2.29 bits per heavy atom. The molecule has 2 N–H and O–H groups in total. The number of aryl methyl sites for hydroxylation is 2. The first-order valence-electron chi connectivity index (χ1n) is 7.09. The molecule has 0 unspecified atom stereocenters. The van der Waals surface area contributed by atoms with E-state index >= 15 is 0 Å². The molecule has 0 saturated heterocycles. The summed E-state index contributed by atoms with van der Waals surface area (Å²) in [5, 5.41) is 2.61. The van der Waals surface area contributed by atoms with Gasteiger partial charge in [-0.3, -0.25) is 9.52 Å². The molecule has 2 aromatic rings. The van der Waals surface area contributed by atoms with E-state index in [1.807, 2.05) is 0 Å². The molecule has 0 aliphatic carbocycles. The van der Waals surface area contributed by atoms with Gasteiger partial charge in [-0.2, -0.15) is 0 Å². The smallest absolute Gasteiger partial charge is 0.263 e. The quantitative estimate of drug-likeness (QED) is 0.810. The van der Waals surface area contributed by atoms with Gasteiger partial charge in [0.05, 0.1) is 4.90 Å². The average Bonchev–Trinajstić information content (AvgIpc) is 2.46. The number of anilines is 2. The lowest BCUT2D eigenvalue weighted by molar-refractivity contribution is -0.112. The summed E-state index contributed by atoms with van der Waals surface area (Å²) in [7, 11) is -3.78. The monoisotopic (exact) mass is 346 g/mol. The van der Waals surface area contributed by atoms with E-state index in [4.69, 9.17) is 0 Å². The highest BCUT2D eigenvalue weighted by Crippen LogP contribution is 2.18. The number of carbonyl (C=O) groups excluding carboxylic acids is 1. The normalized spacial score (nSPS) is 11.0. The molecule has 0 saturated carbocycles. The fraction of sp³-hybridized carbons (Fsp3) is 0.188. The lowest BCUT2D eigenvalue weighted by Gasteiger charge is -2.10. The zero-order valence-electron chi connectivity index (χ0n) is 13.6. The van der Waals surface area contributed by atoms with Crippen LogP contribution in [0.1, 0.15) is 18.4 Å². The molecule has 1 amide bonds. The molecule has 1 aromatic carbocycles. The molecule has 0 fully saturated rings. The third-order valence-corrected chi connectivity index (χ3v) is 4.39. The van der Waals surface area contributed by atoms with E-state index in [0.29, 0.717) is 22.8 Å². The summed E-state index contributed by atoms with van der Waals surface area (Å²) in [4.78, 5) is 19.8. The molecular weight excluding hydrogens is 328 g/mol. The summed E-state index contributed by atoms with van der Waals surface area (Å²) < 4.78 is 27.2. The molecule has 0 aliphatic rings. The van der Waals surface area contributed by atoms with E-state index in [1.165, 1.54) is 24.3 Å². The van der Waals surface area contributed by atoms with Crippen molar-refractivity contribution >= 4 is 27.4 Å². The number of amides is 1. The third-order valence-electron chi connectivity index (χ3n) is 3.02. The first-order valence-corrected chi connectivity index (χ1v) is 8.58. The summed E-state index contributed by atoms with van der Waals surface area (Å²) in [6, 6.07) is 7.36. The van der Waals surface area contributed by atoms with Crippen LogP contribution in [0.2, 0.25) is 0 Å². The van der Waals surface area contributed by atoms with Crippen molar-refractivity contribution in [2.75, 3.05) is 10.0 Å². The van der Waals surface area contributed by atoms with Gasteiger partial charge in [0.15, 0.2) is 0 Å². The van der Waals surface area contributed by atoms with E-state index in [1.54, 1.807) is 26.8 Å². The van der Waals surface area contributed by atoms with Crippen LogP contribution in [0, 0.1) is 13.8 Å². The standard InChI is InChI=1S/C16H18N4O3S/c1-10(2)16(21)19-13-5-7-14(8-6-13)24(22,23)20-15-9-11(3)17-12(4)18-15/h5-9H,1H2,2-4H3,(H,19,21)(H,17,18,20). The second kappa shape index (κ2) is 6.79. The zero-order chi connectivity index (χ0) is 17.9. The second-order valence-corrected chi connectivity index (χ2v) is 6.99. The second-order valence-electron chi connectivity index (χ2n) is 5.31. The molecule has 7 nitrogen and oxygen atoms in total. The van der Waals surface area contributed by atoms with Gasteiger partial charge in [-0.1, -0.05) is 6.58 Å². The van der Waals surface area contributed by atoms with Crippen molar-refractivity contribution in [1.82, 2.24) is 9.97 Å². The van der Waals surface area contributed by atoms with Gasteiger partial charge >= 0.3 is 0 Å². The van der Waals surface area contributed by atoms with Gasteiger partial charge in [0.2, 0.25) is 0 Å². The molecule has 0 aliphatic heterocycles. The predicted octanol–water partition coefficient (Wildman–Crippen LogP) is 2.41. The van der Waals surface area contributed by atoms with E-state index in [-0.39, 0.29) is 16.6 Å². The summed E-state index contributed by atoms with van der Waals surface area (Å²) in [5.41, 5.74) is 1.51. The Kier molecular flexibility index (Phi) is 4.99. The Morgan fingerprint density at radius 2 is 1.75 bits per heavy atom. The van der Waals surface area contributed by atoms with Crippen LogP contribution in [0.25, 0.3) is 0 Å². The number of sulfonamides is 1. The number of aromatic nitrogens is 2. The van der Waals surface area contributed by atoms with Gasteiger partial charge in [-0.05, 0) is 45.0 Å². The molecule has 0 atom stereocenters. The highest BCUT2D eigenvalue weighted by atomic mass is 32.2. The van der Waals surface area contributed by atoms with Crippen molar-refractivity contribution in [2.24, 2.45) is 0 Å². The highest BCUT2D eigenvalue weighted by Gasteiger charge is 2.15. The molecule has 0 spiro atoms. The first-order chi connectivity index (χ1) is 11.2. The number of hydrogen-bond acceptors (Lipinski definition) is 5. The lowest BCUT2D eigenvalue weighted by atomic mass is 10.3. The van der Waals surface area contributed by atoms with Gasteiger partial charge in [0.1, 0.15) is 11.6 Å². The molecule has 1 aromatic heterocycles. The largest absolute Gasteiger partial charge is 0.322 e. The molecule has 0 bridgehead atoms. The van der Waals surface area contributed by atoms with Gasteiger partial charge in [-0.25, -0.2) is 18.4 Å². The number of hydrogen-bond donors (Lipinski definition) is 2. The van der Waals surface area contributed by atoms with Crippen LogP contribution >= 0.6 is 0 Å². The molecule has 0 radical (unpaired) electrons. The van der Waals surface area contributed by atoms with Crippen LogP contribution in [0.3, 0.4) is 0 Å². The van der Waals surface area contributed by atoms with E-state index < -0.39 is 10.0 Å². The Hall–Kier alpha value is -2.74. The highest BCUT2D eigenvalue weighted by molar-refractivity contribution is 7.92. The SMILES string of the molecule is C=C(C)C(=O)Nc1ccc(S(=O)(=O)Nc2cc(C)nc(C)n2)cc1. The Bertz CT molecular complexity index is 870. The Morgan fingerprint density at radius 1 is 1.12 bits per heavy atom. The minimum Gasteiger partial charge on any atom is -0.322 e. The van der Waals surface area contributed by atoms with Crippen molar-refractivity contribution in [3.05, 3.63) is 54.0 Å². The first kappa shape index (κ1) is 17.6. The topological polar surface area (TPSA) is 101 Å². The predicted molar refractivity (Wildman–Crippen MR) is 92.2 cm³/mol. The summed E-state index contributed by atoms with van der Waals surface area (Å²) >= 11 is 0. The number of benzene rings is 1. The van der Waals surface area contributed by atoms with Crippen LogP contribution < -0.4 is 10.0 Å². The van der Waals surface area contributed by atoms with Crippen molar-refractivity contribution in [3.8, 4) is 0 Å². The maximum absolute atomic E-state index is 12.4. The van der Waals surface area contributed by atoms with Gasteiger partial charge in [0.25, 0.3) is 15.9 Å². The molecule has 8 heteroatoms. The number of nitrogens with one attached hydrogen (secondary N) is 2. The summed E-state index contributed by atoms with van der Waals surface area (Å²) in [6.45, 7) is 8.57. The van der Waals surface area contributed by atoms with Crippen molar-refractivity contribution in [3.63, 3.8) is 0 Å². The number of rotatable bonds is 5. The van der Waals surface area contributed by atoms with Crippen molar-refractivity contribution in [1.29, 1.82) is 0 Å². The van der Waals surface area contributed by atoms with Crippen LogP contribution in [-0.4, -0.2) is 24.3 Å². The fourth-order valence-electron chi connectivity index (χ4n) is 1.92. The van der Waals surface area contributed by atoms with Crippen LogP contribution in [-0.2, 0) is 14.8 Å². The number of carbonyl (C=O) groups is 1. The van der Waals surface area contributed by atoms with Crippen LogP contribution in [0.5, 0.6) is 0 Å². The maximum Gasteiger partial charge on any atom is 0.263 e. The minimum atomic E-state index is -3.78. The summed E-state index contributed by atoms with van der Waals surface area (Å²) in [5.74, 6) is 0.362. The Balaban J connectivity index is 2.20.